The molecule has 0 saturated heterocycles. The van der Waals surface area contributed by atoms with Gasteiger partial charge in [0.1, 0.15) is 5.69 Å². The Morgan fingerprint density at radius 3 is 2.77 bits per heavy atom. The number of hydrogen-bond donors (Lipinski definition) is 1. The minimum atomic E-state index is -0.218. The molecule has 0 unspecified atom stereocenters. The summed E-state index contributed by atoms with van der Waals surface area (Å²) in [5.74, 6) is 2.24. The van der Waals surface area contributed by atoms with Gasteiger partial charge in [-0.15, -0.1) is 6.42 Å². The fraction of sp³-hybridized carbons (Fsp3) is 0.333. The van der Waals surface area contributed by atoms with Crippen molar-refractivity contribution in [1.82, 2.24) is 9.88 Å². The average molecular weight is 294 g/mol. The number of amides is 1. The zero-order chi connectivity index (χ0) is 15.5. The van der Waals surface area contributed by atoms with Crippen LogP contribution in [0.15, 0.2) is 35.1 Å². The van der Waals surface area contributed by atoms with E-state index in [0.717, 1.165) is 31.1 Å². The number of nitrogens with zero attached hydrogens (tertiary/aromatic N) is 1. The summed E-state index contributed by atoms with van der Waals surface area (Å²) < 4.78 is 1.38. The summed E-state index contributed by atoms with van der Waals surface area (Å²) in [6.45, 7) is 0.0943. The van der Waals surface area contributed by atoms with Crippen LogP contribution in [0.2, 0.25) is 0 Å². The highest BCUT2D eigenvalue weighted by Gasteiger charge is 2.20. The van der Waals surface area contributed by atoms with Crippen LogP contribution in [0.4, 0.5) is 0 Å². The Labute approximate surface area is 129 Å². The van der Waals surface area contributed by atoms with Crippen molar-refractivity contribution in [2.24, 2.45) is 0 Å². The molecule has 1 heterocycles. The van der Waals surface area contributed by atoms with Gasteiger partial charge in [-0.3, -0.25) is 14.2 Å². The molecule has 4 heteroatoms. The first-order valence-corrected chi connectivity index (χ1v) is 7.57. The Hall–Kier alpha value is -2.54. The number of pyridine rings is 1. The van der Waals surface area contributed by atoms with Crippen molar-refractivity contribution in [1.29, 1.82) is 0 Å². The number of carbonyl (C=O) groups is 1. The van der Waals surface area contributed by atoms with Crippen LogP contribution in [0.5, 0.6) is 0 Å². The van der Waals surface area contributed by atoms with Crippen LogP contribution in [0, 0.1) is 12.3 Å². The van der Waals surface area contributed by atoms with Gasteiger partial charge in [0.05, 0.1) is 6.54 Å². The van der Waals surface area contributed by atoms with E-state index in [-0.39, 0.29) is 24.1 Å². The smallest absolute Gasteiger partial charge is 0.268 e. The van der Waals surface area contributed by atoms with Crippen LogP contribution in [-0.2, 0) is 6.54 Å². The fourth-order valence-electron chi connectivity index (χ4n) is 3.06. The zero-order valence-corrected chi connectivity index (χ0v) is 12.3. The summed E-state index contributed by atoms with van der Waals surface area (Å²) in [4.78, 5) is 25.1. The third-order valence-corrected chi connectivity index (χ3v) is 4.19. The highest BCUT2D eigenvalue weighted by molar-refractivity contribution is 5.96. The third-order valence-electron chi connectivity index (χ3n) is 4.19. The minimum absolute atomic E-state index is 0.0943. The summed E-state index contributed by atoms with van der Waals surface area (Å²) in [6, 6.07) is 9.20. The molecular weight excluding hydrogens is 276 g/mol. The average Bonchev–Trinajstić information content (AvgIpc) is 3.03. The predicted octanol–water partition coefficient (Wildman–Crippen LogP) is 2.31. The van der Waals surface area contributed by atoms with Gasteiger partial charge in [0.15, 0.2) is 0 Å². The van der Waals surface area contributed by atoms with Crippen molar-refractivity contribution in [2.75, 3.05) is 0 Å². The Bertz CT molecular complexity index is 808. The van der Waals surface area contributed by atoms with Gasteiger partial charge in [-0.2, -0.15) is 0 Å². The van der Waals surface area contributed by atoms with Gasteiger partial charge in [0, 0.05) is 11.4 Å². The third kappa shape index (κ3) is 2.62. The zero-order valence-electron chi connectivity index (χ0n) is 12.3. The summed E-state index contributed by atoms with van der Waals surface area (Å²) in [5, 5.41) is 4.36. The molecule has 1 aliphatic carbocycles. The molecule has 0 atom stereocenters. The van der Waals surface area contributed by atoms with E-state index in [0.29, 0.717) is 11.1 Å². The van der Waals surface area contributed by atoms with Gasteiger partial charge >= 0.3 is 0 Å². The number of aromatic nitrogens is 1. The summed E-state index contributed by atoms with van der Waals surface area (Å²) in [7, 11) is 0. The highest BCUT2D eigenvalue weighted by Crippen LogP contribution is 2.19. The van der Waals surface area contributed by atoms with Crippen molar-refractivity contribution >= 4 is 16.7 Å². The molecule has 0 bridgehead atoms. The van der Waals surface area contributed by atoms with E-state index >= 15 is 0 Å². The normalized spacial score (nSPS) is 14.9. The van der Waals surface area contributed by atoms with Gasteiger partial charge in [-0.25, -0.2) is 0 Å². The lowest BCUT2D eigenvalue weighted by Crippen LogP contribution is -2.37. The van der Waals surface area contributed by atoms with E-state index in [4.69, 9.17) is 6.42 Å². The van der Waals surface area contributed by atoms with Gasteiger partial charge in [0.25, 0.3) is 11.5 Å². The molecule has 1 aromatic heterocycles. The molecule has 1 N–H and O–H groups in total. The SMILES string of the molecule is C#CCn1c(C(=O)NC2CCCC2)cc2ccccc2c1=O. The Morgan fingerprint density at radius 1 is 1.32 bits per heavy atom. The number of fused-ring (bicyclic) bond motifs is 1. The molecule has 22 heavy (non-hydrogen) atoms. The molecule has 1 aromatic carbocycles. The van der Waals surface area contributed by atoms with Gasteiger partial charge in [0.2, 0.25) is 0 Å². The van der Waals surface area contributed by atoms with Crippen molar-refractivity contribution < 1.29 is 4.79 Å². The lowest BCUT2D eigenvalue weighted by atomic mass is 10.1. The van der Waals surface area contributed by atoms with Gasteiger partial charge in [-0.1, -0.05) is 37.0 Å². The van der Waals surface area contributed by atoms with E-state index < -0.39 is 0 Å². The Balaban J connectivity index is 2.06. The molecule has 1 aliphatic rings. The van der Waals surface area contributed by atoms with Crippen LogP contribution in [0.25, 0.3) is 10.8 Å². The molecule has 1 saturated carbocycles. The van der Waals surface area contributed by atoms with Crippen molar-refractivity contribution in [3.8, 4) is 12.3 Å². The maximum atomic E-state index is 12.6. The molecular formula is C18H18N2O2. The van der Waals surface area contributed by atoms with Crippen LogP contribution >= 0.6 is 0 Å². The number of benzene rings is 1. The Morgan fingerprint density at radius 2 is 2.05 bits per heavy atom. The number of carbonyl (C=O) groups excluding carboxylic acids is 1. The second-order valence-electron chi connectivity index (χ2n) is 5.67. The van der Waals surface area contributed by atoms with Crippen LogP contribution < -0.4 is 10.9 Å². The molecule has 0 aliphatic heterocycles. The molecule has 1 fully saturated rings. The first-order valence-electron chi connectivity index (χ1n) is 7.57. The van der Waals surface area contributed by atoms with Gasteiger partial charge < -0.3 is 5.32 Å². The number of nitrogens with one attached hydrogen (secondary N) is 1. The molecule has 1 amide bonds. The van der Waals surface area contributed by atoms with E-state index in [1.165, 1.54) is 4.57 Å². The Kier molecular flexibility index (Phi) is 3.97. The molecule has 0 spiro atoms. The highest BCUT2D eigenvalue weighted by atomic mass is 16.2. The van der Waals surface area contributed by atoms with Crippen molar-refractivity contribution in [2.45, 2.75) is 38.3 Å². The van der Waals surface area contributed by atoms with E-state index in [2.05, 4.69) is 11.2 Å². The topological polar surface area (TPSA) is 51.1 Å². The quantitative estimate of drug-likeness (QED) is 0.883. The standard InChI is InChI=1S/C18H18N2O2/c1-2-11-20-16(17(21)19-14-8-4-5-9-14)12-13-7-3-6-10-15(13)18(20)22/h1,3,6-7,10,12,14H,4-5,8-9,11H2,(H,19,21). The first-order chi connectivity index (χ1) is 10.7. The monoisotopic (exact) mass is 294 g/mol. The molecule has 3 rings (SSSR count). The van der Waals surface area contributed by atoms with E-state index in [9.17, 15) is 9.59 Å². The summed E-state index contributed by atoms with van der Waals surface area (Å²) >= 11 is 0. The first kappa shape index (κ1) is 14.4. The van der Waals surface area contributed by atoms with Crippen LogP contribution in [-0.4, -0.2) is 16.5 Å². The maximum Gasteiger partial charge on any atom is 0.268 e. The summed E-state index contributed by atoms with van der Waals surface area (Å²) in [6.07, 6.45) is 9.64. The lowest BCUT2D eigenvalue weighted by Gasteiger charge is -2.15. The molecule has 0 radical (unpaired) electrons. The fourth-order valence-corrected chi connectivity index (χ4v) is 3.06. The number of hydrogen-bond acceptors (Lipinski definition) is 2. The molecule has 2 aromatic rings. The maximum absolute atomic E-state index is 12.6. The number of terminal acetylenes is 1. The largest absolute Gasteiger partial charge is 0.348 e. The van der Waals surface area contributed by atoms with Crippen LogP contribution in [0.1, 0.15) is 36.2 Å². The lowest BCUT2D eigenvalue weighted by molar-refractivity contribution is 0.0928. The van der Waals surface area contributed by atoms with E-state index in [1.54, 1.807) is 12.1 Å². The van der Waals surface area contributed by atoms with E-state index in [1.807, 2.05) is 18.2 Å². The molecule has 112 valence electrons. The molecule has 4 nitrogen and oxygen atoms in total. The second kappa shape index (κ2) is 6.07. The predicted molar refractivity (Wildman–Crippen MR) is 86.8 cm³/mol. The number of rotatable bonds is 3. The second-order valence-corrected chi connectivity index (χ2v) is 5.67. The van der Waals surface area contributed by atoms with Gasteiger partial charge in [-0.05, 0) is 30.4 Å². The van der Waals surface area contributed by atoms with Crippen molar-refractivity contribution in [3.63, 3.8) is 0 Å². The van der Waals surface area contributed by atoms with Crippen LogP contribution in [0.3, 0.4) is 0 Å². The minimum Gasteiger partial charge on any atom is -0.348 e. The summed E-state index contributed by atoms with van der Waals surface area (Å²) in [5.41, 5.74) is 0.126. The van der Waals surface area contributed by atoms with Crippen molar-refractivity contribution in [3.05, 3.63) is 46.4 Å².